The normalized spacial score (nSPS) is 13.0. The Hall–Kier alpha value is -2.08. The Morgan fingerprint density at radius 2 is 2.05 bits per heavy atom. The van der Waals surface area contributed by atoms with Gasteiger partial charge in [0.05, 0.1) is 18.6 Å². The Bertz CT molecular complexity index is 612. The molecule has 6 heteroatoms. The van der Waals surface area contributed by atoms with E-state index in [0.29, 0.717) is 25.5 Å². The molecule has 0 bridgehead atoms. The number of furan rings is 1. The van der Waals surface area contributed by atoms with Crippen LogP contribution in [0.25, 0.3) is 0 Å². The van der Waals surface area contributed by atoms with E-state index >= 15 is 0 Å². The van der Waals surface area contributed by atoms with Gasteiger partial charge in [-0.05, 0) is 30.3 Å². The summed E-state index contributed by atoms with van der Waals surface area (Å²) < 4.78 is 16.1. The van der Waals surface area contributed by atoms with Gasteiger partial charge in [0.2, 0.25) is 5.91 Å². The van der Waals surface area contributed by atoms with Gasteiger partial charge in [0, 0.05) is 4.90 Å². The minimum absolute atomic E-state index is 0.0358. The largest absolute Gasteiger partial charge is 0.486 e. The Labute approximate surface area is 126 Å². The Kier molecular flexibility index (Phi) is 4.35. The van der Waals surface area contributed by atoms with Gasteiger partial charge in [-0.1, -0.05) is 0 Å². The summed E-state index contributed by atoms with van der Waals surface area (Å²) in [5.74, 6) is 2.55. The molecule has 3 rings (SSSR count). The second-order valence-corrected chi connectivity index (χ2v) is 5.50. The summed E-state index contributed by atoms with van der Waals surface area (Å²) in [6.07, 6.45) is 1.59. The average Bonchev–Trinajstić information content (AvgIpc) is 3.04. The van der Waals surface area contributed by atoms with Gasteiger partial charge in [-0.25, -0.2) is 0 Å². The minimum atomic E-state index is -0.0358. The number of rotatable bonds is 5. The number of carbonyl (C=O) groups is 1. The van der Waals surface area contributed by atoms with Crippen molar-refractivity contribution in [3.8, 4) is 11.5 Å². The highest BCUT2D eigenvalue weighted by Gasteiger charge is 2.12. The molecule has 2 heterocycles. The number of hydrogen-bond donors (Lipinski definition) is 1. The van der Waals surface area contributed by atoms with Crippen molar-refractivity contribution in [1.82, 2.24) is 5.32 Å². The maximum absolute atomic E-state index is 11.8. The highest BCUT2D eigenvalue weighted by molar-refractivity contribution is 8.00. The number of thioether (sulfide) groups is 1. The van der Waals surface area contributed by atoms with E-state index in [4.69, 9.17) is 13.9 Å². The number of ether oxygens (including phenoxy) is 2. The zero-order valence-electron chi connectivity index (χ0n) is 11.3. The number of benzene rings is 1. The van der Waals surface area contributed by atoms with Crippen LogP contribution in [0.4, 0.5) is 0 Å². The van der Waals surface area contributed by atoms with Crippen LogP contribution in [-0.2, 0) is 11.3 Å². The first-order valence-electron chi connectivity index (χ1n) is 6.63. The molecule has 0 unspecified atom stereocenters. The first-order valence-corrected chi connectivity index (χ1v) is 7.61. The molecule has 1 aliphatic heterocycles. The van der Waals surface area contributed by atoms with Crippen molar-refractivity contribution in [3.05, 3.63) is 42.4 Å². The lowest BCUT2D eigenvalue weighted by Crippen LogP contribution is -2.24. The molecule has 0 spiro atoms. The third kappa shape index (κ3) is 3.72. The predicted molar refractivity (Wildman–Crippen MR) is 78.7 cm³/mol. The van der Waals surface area contributed by atoms with E-state index in [9.17, 15) is 4.79 Å². The van der Waals surface area contributed by atoms with Crippen molar-refractivity contribution in [2.24, 2.45) is 0 Å². The molecule has 0 saturated carbocycles. The van der Waals surface area contributed by atoms with Crippen molar-refractivity contribution < 1.29 is 18.7 Å². The predicted octanol–water partition coefficient (Wildman–Crippen LogP) is 2.46. The quantitative estimate of drug-likeness (QED) is 0.860. The third-order valence-corrected chi connectivity index (χ3v) is 3.92. The highest BCUT2D eigenvalue weighted by atomic mass is 32.2. The summed E-state index contributed by atoms with van der Waals surface area (Å²) >= 11 is 1.46. The summed E-state index contributed by atoms with van der Waals surface area (Å²) in [5, 5.41) is 2.81. The standard InChI is InChI=1S/C15H15NO4S/c17-15(16-9-11-2-1-5-18-11)10-21-12-3-4-13-14(8-12)20-7-6-19-13/h1-5,8H,6-7,9-10H2,(H,16,17). The molecule has 2 aromatic rings. The Balaban J connectivity index is 1.49. The SMILES string of the molecule is O=C(CSc1ccc2c(c1)OCCO2)NCc1ccco1. The van der Waals surface area contributed by atoms with Crippen molar-refractivity contribution >= 4 is 17.7 Å². The van der Waals surface area contributed by atoms with Crippen LogP contribution in [0.2, 0.25) is 0 Å². The monoisotopic (exact) mass is 305 g/mol. The van der Waals surface area contributed by atoms with E-state index < -0.39 is 0 Å². The van der Waals surface area contributed by atoms with Gasteiger partial charge in [-0.15, -0.1) is 11.8 Å². The van der Waals surface area contributed by atoms with Crippen LogP contribution < -0.4 is 14.8 Å². The number of carbonyl (C=O) groups excluding carboxylic acids is 1. The van der Waals surface area contributed by atoms with E-state index in [2.05, 4.69) is 5.32 Å². The maximum atomic E-state index is 11.8. The molecule has 0 radical (unpaired) electrons. The van der Waals surface area contributed by atoms with Crippen LogP contribution in [-0.4, -0.2) is 24.9 Å². The van der Waals surface area contributed by atoms with Crippen molar-refractivity contribution in [2.45, 2.75) is 11.4 Å². The van der Waals surface area contributed by atoms with E-state index in [0.717, 1.165) is 22.2 Å². The maximum Gasteiger partial charge on any atom is 0.230 e. The smallest absolute Gasteiger partial charge is 0.230 e. The Morgan fingerprint density at radius 1 is 1.19 bits per heavy atom. The molecular formula is C15H15NO4S. The van der Waals surface area contributed by atoms with Crippen LogP contribution in [0.15, 0.2) is 45.9 Å². The van der Waals surface area contributed by atoms with Crippen molar-refractivity contribution in [2.75, 3.05) is 19.0 Å². The van der Waals surface area contributed by atoms with E-state index in [1.807, 2.05) is 24.3 Å². The number of amides is 1. The zero-order valence-corrected chi connectivity index (χ0v) is 12.2. The molecule has 1 aliphatic rings. The first kappa shape index (κ1) is 13.9. The molecule has 0 aliphatic carbocycles. The molecule has 1 aromatic heterocycles. The lowest BCUT2D eigenvalue weighted by molar-refractivity contribution is -0.118. The second-order valence-electron chi connectivity index (χ2n) is 4.45. The lowest BCUT2D eigenvalue weighted by Gasteiger charge is -2.18. The molecule has 0 atom stereocenters. The second kappa shape index (κ2) is 6.58. The van der Waals surface area contributed by atoms with Gasteiger partial charge in [0.1, 0.15) is 19.0 Å². The summed E-state index contributed by atoms with van der Waals surface area (Å²) in [7, 11) is 0. The summed E-state index contributed by atoms with van der Waals surface area (Å²) in [6.45, 7) is 1.55. The van der Waals surface area contributed by atoms with Gasteiger partial charge >= 0.3 is 0 Å². The van der Waals surface area contributed by atoms with Gasteiger partial charge in [0.25, 0.3) is 0 Å². The van der Waals surface area contributed by atoms with Crippen LogP contribution in [0.3, 0.4) is 0 Å². The van der Waals surface area contributed by atoms with Gasteiger partial charge < -0.3 is 19.2 Å². The fourth-order valence-corrected chi connectivity index (χ4v) is 2.67. The zero-order chi connectivity index (χ0) is 14.5. The van der Waals surface area contributed by atoms with E-state index in [1.54, 1.807) is 12.3 Å². The fraction of sp³-hybridized carbons (Fsp3) is 0.267. The van der Waals surface area contributed by atoms with Gasteiger partial charge in [-0.2, -0.15) is 0 Å². The van der Waals surface area contributed by atoms with Gasteiger partial charge in [0.15, 0.2) is 11.5 Å². The Morgan fingerprint density at radius 3 is 2.86 bits per heavy atom. The highest BCUT2D eigenvalue weighted by Crippen LogP contribution is 2.34. The lowest BCUT2D eigenvalue weighted by atomic mass is 10.3. The van der Waals surface area contributed by atoms with Crippen molar-refractivity contribution in [1.29, 1.82) is 0 Å². The summed E-state index contributed by atoms with van der Waals surface area (Å²) in [4.78, 5) is 12.7. The molecule has 21 heavy (non-hydrogen) atoms. The molecule has 1 amide bonds. The molecule has 0 fully saturated rings. The molecule has 110 valence electrons. The fourth-order valence-electron chi connectivity index (χ4n) is 1.91. The van der Waals surface area contributed by atoms with Crippen LogP contribution in [0.5, 0.6) is 11.5 Å². The molecule has 0 saturated heterocycles. The first-order chi connectivity index (χ1) is 10.3. The molecular weight excluding hydrogens is 290 g/mol. The van der Waals surface area contributed by atoms with Gasteiger partial charge in [-0.3, -0.25) is 4.79 Å². The topological polar surface area (TPSA) is 60.7 Å². The van der Waals surface area contributed by atoms with Crippen LogP contribution in [0, 0.1) is 0 Å². The third-order valence-electron chi connectivity index (χ3n) is 2.92. The van der Waals surface area contributed by atoms with Crippen LogP contribution in [0.1, 0.15) is 5.76 Å². The summed E-state index contributed by atoms with van der Waals surface area (Å²) in [6, 6.07) is 9.33. The van der Waals surface area contributed by atoms with E-state index in [-0.39, 0.29) is 5.91 Å². The minimum Gasteiger partial charge on any atom is -0.486 e. The number of fused-ring (bicyclic) bond motifs is 1. The van der Waals surface area contributed by atoms with Crippen LogP contribution >= 0.6 is 11.8 Å². The molecule has 5 nitrogen and oxygen atoms in total. The average molecular weight is 305 g/mol. The summed E-state index contributed by atoms with van der Waals surface area (Å²) in [5.41, 5.74) is 0. The number of nitrogens with one attached hydrogen (secondary N) is 1. The molecule has 1 aromatic carbocycles. The van der Waals surface area contributed by atoms with E-state index in [1.165, 1.54) is 11.8 Å². The van der Waals surface area contributed by atoms with Crippen molar-refractivity contribution in [3.63, 3.8) is 0 Å². The number of hydrogen-bond acceptors (Lipinski definition) is 5. The molecule has 1 N–H and O–H groups in total.